The van der Waals surface area contributed by atoms with Crippen molar-refractivity contribution >= 4 is 59.9 Å². The van der Waals surface area contributed by atoms with E-state index in [4.69, 9.17) is 15.0 Å². The molecule has 0 aliphatic heterocycles. The van der Waals surface area contributed by atoms with Gasteiger partial charge in [0.1, 0.15) is 0 Å². The molecule has 0 bridgehead atoms. The summed E-state index contributed by atoms with van der Waals surface area (Å²) in [5.41, 5.74) is 7.70. The first-order valence-corrected chi connectivity index (χ1v) is 14.8. The number of nitrogens with zero attached hydrogens (tertiary/aromatic N) is 5. The van der Waals surface area contributed by atoms with E-state index in [1.807, 2.05) is 18.2 Å². The van der Waals surface area contributed by atoms with Gasteiger partial charge >= 0.3 is 0 Å². The molecule has 10 rings (SSSR count). The molecule has 0 aliphatic rings. The van der Waals surface area contributed by atoms with Crippen LogP contribution in [0.25, 0.3) is 88.6 Å². The molecule has 0 unspecified atom stereocenters. The summed E-state index contributed by atoms with van der Waals surface area (Å²) in [7, 11) is 0. The fourth-order valence-corrected chi connectivity index (χ4v) is 7.02. The molecule has 5 heteroatoms. The molecule has 0 fully saturated rings. The lowest BCUT2D eigenvalue weighted by molar-refractivity contribution is 0.953. The van der Waals surface area contributed by atoms with Crippen LogP contribution in [0.5, 0.6) is 0 Å². The number of benzene rings is 6. The van der Waals surface area contributed by atoms with Crippen molar-refractivity contribution in [2.45, 2.75) is 0 Å². The van der Waals surface area contributed by atoms with Crippen molar-refractivity contribution in [2.24, 2.45) is 0 Å². The second kappa shape index (κ2) is 8.72. The smallest absolute Gasteiger partial charge is 0.238 e. The third-order valence-corrected chi connectivity index (χ3v) is 8.92. The summed E-state index contributed by atoms with van der Waals surface area (Å²) in [6.45, 7) is 0. The van der Waals surface area contributed by atoms with Crippen molar-refractivity contribution in [1.29, 1.82) is 0 Å². The van der Waals surface area contributed by atoms with Gasteiger partial charge in [-0.25, -0.2) is 4.98 Å². The Kier molecular flexibility index (Phi) is 4.66. The van der Waals surface area contributed by atoms with Gasteiger partial charge in [0.05, 0.1) is 27.6 Å². The monoisotopic (exact) mass is 561 g/mol. The number of hydrogen-bond acceptors (Lipinski definition) is 3. The Morgan fingerprint density at radius 3 is 1.59 bits per heavy atom. The highest BCUT2D eigenvalue weighted by atomic mass is 15.2. The van der Waals surface area contributed by atoms with E-state index in [1.165, 1.54) is 48.9 Å². The number of rotatable bonds is 3. The van der Waals surface area contributed by atoms with Gasteiger partial charge in [-0.1, -0.05) is 103 Å². The summed E-state index contributed by atoms with van der Waals surface area (Å²) in [5.74, 6) is 1.89. The van der Waals surface area contributed by atoms with E-state index in [1.54, 1.807) is 0 Å². The molecule has 6 aromatic carbocycles. The lowest BCUT2D eigenvalue weighted by Crippen LogP contribution is -2.06. The van der Waals surface area contributed by atoms with E-state index >= 15 is 0 Å². The van der Waals surface area contributed by atoms with E-state index in [2.05, 4.69) is 130 Å². The molecular formula is C39H23N5. The molecule has 5 nitrogen and oxygen atoms in total. The Bertz CT molecular complexity index is 2660. The molecule has 0 N–H and O–H groups in total. The molecule has 0 spiro atoms. The highest BCUT2D eigenvalue weighted by Gasteiger charge is 2.20. The van der Waals surface area contributed by atoms with Gasteiger partial charge in [0, 0.05) is 43.4 Å². The minimum atomic E-state index is 0.603. The van der Waals surface area contributed by atoms with E-state index in [0.717, 1.165) is 22.2 Å². The van der Waals surface area contributed by atoms with Crippen LogP contribution in [0, 0.1) is 0 Å². The summed E-state index contributed by atoms with van der Waals surface area (Å²) < 4.78 is 4.56. The zero-order valence-electron chi connectivity index (χ0n) is 23.5. The van der Waals surface area contributed by atoms with Gasteiger partial charge in [0.2, 0.25) is 5.95 Å². The predicted molar refractivity (Wildman–Crippen MR) is 180 cm³/mol. The SMILES string of the molecule is c1ccc(-c2nc(-c3ccc4c(c3)c3cccc5c6ccccc6n4c53)nc(-n3c4ccccc4c4ccccc43)n2)cc1. The highest BCUT2D eigenvalue weighted by Crippen LogP contribution is 2.40. The van der Waals surface area contributed by atoms with Crippen LogP contribution in [0.15, 0.2) is 140 Å². The van der Waals surface area contributed by atoms with E-state index in [0.29, 0.717) is 17.6 Å². The first-order chi connectivity index (χ1) is 21.8. The normalized spacial score (nSPS) is 12.1. The molecule has 10 aromatic rings. The molecule has 0 saturated heterocycles. The van der Waals surface area contributed by atoms with Crippen LogP contribution in [0.1, 0.15) is 0 Å². The molecule has 4 aromatic heterocycles. The molecule has 4 heterocycles. The van der Waals surface area contributed by atoms with Crippen molar-refractivity contribution in [2.75, 3.05) is 0 Å². The van der Waals surface area contributed by atoms with E-state index in [-0.39, 0.29) is 0 Å². The van der Waals surface area contributed by atoms with Gasteiger partial charge in [-0.2, -0.15) is 9.97 Å². The zero-order valence-corrected chi connectivity index (χ0v) is 23.5. The van der Waals surface area contributed by atoms with E-state index in [9.17, 15) is 0 Å². The summed E-state index contributed by atoms with van der Waals surface area (Å²) in [4.78, 5) is 15.3. The van der Waals surface area contributed by atoms with Crippen molar-refractivity contribution in [3.63, 3.8) is 0 Å². The second-order valence-corrected chi connectivity index (χ2v) is 11.3. The van der Waals surface area contributed by atoms with E-state index < -0.39 is 0 Å². The Balaban J connectivity index is 1.27. The maximum absolute atomic E-state index is 5.17. The molecule has 0 radical (unpaired) electrons. The molecular weight excluding hydrogens is 538 g/mol. The van der Waals surface area contributed by atoms with Crippen molar-refractivity contribution < 1.29 is 0 Å². The summed E-state index contributed by atoms with van der Waals surface area (Å²) in [6, 6.07) is 48.9. The lowest BCUT2D eigenvalue weighted by Gasteiger charge is -2.11. The topological polar surface area (TPSA) is 48.0 Å². The first-order valence-electron chi connectivity index (χ1n) is 14.8. The van der Waals surface area contributed by atoms with Crippen LogP contribution >= 0.6 is 0 Å². The van der Waals surface area contributed by atoms with Gasteiger partial charge < -0.3 is 4.40 Å². The maximum Gasteiger partial charge on any atom is 0.238 e. The van der Waals surface area contributed by atoms with Crippen LogP contribution in [-0.4, -0.2) is 23.9 Å². The third kappa shape index (κ3) is 3.15. The second-order valence-electron chi connectivity index (χ2n) is 11.3. The molecule has 0 saturated carbocycles. The average molecular weight is 562 g/mol. The molecule has 0 amide bonds. The third-order valence-electron chi connectivity index (χ3n) is 8.92. The molecule has 204 valence electrons. The number of aromatic nitrogens is 5. The Morgan fingerprint density at radius 2 is 0.886 bits per heavy atom. The number of fused-ring (bicyclic) bond motifs is 9. The summed E-state index contributed by atoms with van der Waals surface area (Å²) in [6.07, 6.45) is 0. The van der Waals surface area contributed by atoms with Crippen LogP contribution in [0.4, 0.5) is 0 Å². The quantitative estimate of drug-likeness (QED) is 0.216. The molecule has 0 aliphatic carbocycles. The van der Waals surface area contributed by atoms with Crippen molar-refractivity contribution in [3.8, 4) is 28.7 Å². The van der Waals surface area contributed by atoms with Gasteiger partial charge in [0.25, 0.3) is 0 Å². The number of para-hydroxylation sites is 4. The molecule has 44 heavy (non-hydrogen) atoms. The lowest BCUT2D eigenvalue weighted by atomic mass is 10.1. The van der Waals surface area contributed by atoms with Crippen molar-refractivity contribution in [1.82, 2.24) is 23.9 Å². The Labute approximate surface area is 251 Å². The average Bonchev–Trinajstić information content (AvgIpc) is 3.73. The minimum Gasteiger partial charge on any atom is -0.308 e. The zero-order chi connectivity index (χ0) is 28.8. The highest BCUT2D eigenvalue weighted by molar-refractivity contribution is 6.23. The fraction of sp³-hybridized carbons (Fsp3) is 0. The summed E-state index contributed by atoms with van der Waals surface area (Å²) in [5, 5.41) is 7.32. The largest absolute Gasteiger partial charge is 0.308 e. The van der Waals surface area contributed by atoms with Crippen LogP contribution in [-0.2, 0) is 0 Å². The fourth-order valence-electron chi connectivity index (χ4n) is 7.02. The van der Waals surface area contributed by atoms with Gasteiger partial charge in [-0.15, -0.1) is 0 Å². The predicted octanol–water partition coefficient (Wildman–Crippen LogP) is 9.45. The minimum absolute atomic E-state index is 0.603. The van der Waals surface area contributed by atoms with Gasteiger partial charge in [0.15, 0.2) is 11.6 Å². The van der Waals surface area contributed by atoms with Crippen molar-refractivity contribution in [3.05, 3.63) is 140 Å². The molecule has 0 atom stereocenters. The first kappa shape index (κ1) is 23.5. The summed E-state index contributed by atoms with van der Waals surface area (Å²) >= 11 is 0. The standard InChI is InChI=1S/C39H23N5/c1-2-11-24(12-3-1)37-40-38(42-39(41-37)44-33-19-8-4-13-26(33)27-14-5-9-20-34(27)44)25-21-22-35-31(23-25)30-17-10-16-29-28-15-6-7-18-32(28)43(35)36(29)30/h1-23H. The van der Waals surface area contributed by atoms with Crippen LogP contribution in [0.3, 0.4) is 0 Å². The number of hydrogen-bond donors (Lipinski definition) is 0. The Hall–Kier alpha value is -6.07. The maximum atomic E-state index is 5.17. The van der Waals surface area contributed by atoms with Gasteiger partial charge in [-0.05, 0) is 36.4 Å². The van der Waals surface area contributed by atoms with Crippen LogP contribution < -0.4 is 0 Å². The Morgan fingerprint density at radius 1 is 0.364 bits per heavy atom. The van der Waals surface area contributed by atoms with Gasteiger partial charge in [-0.3, -0.25) is 4.57 Å². The van der Waals surface area contributed by atoms with Crippen LogP contribution in [0.2, 0.25) is 0 Å².